The van der Waals surface area contributed by atoms with E-state index in [1.165, 1.54) is 0 Å². The molecule has 0 radical (unpaired) electrons. The topological polar surface area (TPSA) is 280 Å². The normalized spacial score (nSPS) is 22.5. The average Bonchev–Trinajstić information content (AvgIpc) is 1.67. The van der Waals surface area contributed by atoms with E-state index in [0.29, 0.717) is 119 Å². The third-order valence-electron chi connectivity index (χ3n) is 19.1. The van der Waals surface area contributed by atoms with Gasteiger partial charge in [-0.1, -0.05) is 161 Å². The minimum absolute atomic E-state index is 0.153. The van der Waals surface area contributed by atoms with Crippen LogP contribution in [0.3, 0.4) is 0 Å². The molecule has 8 amide bonds. The monoisotopic (exact) mass is 1220 g/mol. The Bertz CT molecular complexity index is 2910. The van der Waals surface area contributed by atoms with Crippen LogP contribution in [0.4, 0.5) is 0 Å². The van der Waals surface area contributed by atoms with E-state index in [9.17, 15) is 34.2 Å². The standard InChI is InChI=1S/C69H94N10O10/c1-5-54(70-3)60(82)74-58-46(41-44-80)33-35-52-37-39-56(78(52)64(58)86)62(84)76-68(48-25-15-11-16-26-48,49-27-17-12-18-28-49)66(88)72-42-23-9-7-8-10-24-43-73-67(89)69(50-29-19-13-20-30-50,51-31-21-14-22-32-51)77-63(85)57-40-38-53-36-34-47(45-81)59(65(87)79(53)57)75-61(83)55(6-2)71-4/h11-22,25-32,46-47,52-59,70-71,80-81H,5-10,23-24,33-45H2,1-4H3,(H,72,88)(H,73,89)(H,74,82)(H,75,83)(H,76,84)(H,77,85)/t46-,47-,52+,53+,54+,55+,56+,57+,58+,59+/m1/s1. The lowest BCUT2D eigenvalue weighted by Crippen LogP contribution is -2.62. The van der Waals surface area contributed by atoms with Crippen molar-refractivity contribution in [3.63, 3.8) is 0 Å². The molecule has 10 atom stereocenters. The van der Waals surface area contributed by atoms with E-state index in [-0.39, 0.29) is 48.9 Å². The molecule has 8 rings (SSSR count). The molecule has 4 aromatic rings. The Balaban J connectivity index is 0.900. The zero-order valence-electron chi connectivity index (χ0n) is 52.2. The molecule has 4 saturated heterocycles. The number of nitrogens with one attached hydrogen (secondary N) is 8. The molecule has 4 fully saturated rings. The van der Waals surface area contributed by atoms with E-state index in [1.54, 1.807) is 48.2 Å². The molecule has 0 spiro atoms. The Morgan fingerprint density at radius 2 is 0.820 bits per heavy atom. The fourth-order valence-corrected chi connectivity index (χ4v) is 14.1. The molecule has 4 heterocycles. The first-order chi connectivity index (χ1) is 43.2. The first kappa shape index (κ1) is 67.4. The Kier molecular flexibility index (Phi) is 24.5. The number of amides is 8. The van der Waals surface area contributed by atoms with E-state index in [1.807, 2.05) is 111 Å². The second-order valence-electron chi connectivity index (χ2n) is 24.4. The molecule has 4 aromatic carbocycles. The molecule has 4 aliphatic heterocycles. The van der Waals surface area contributed by atoms with Gasteiger partial charge in [-0.05, 0) is 126 Å². The van der Waals surface area contributed by atoms with Crippen molar-refractivity contribution < 1.29 is 48.6 Å². The number of rotatable bonds is 30. The minimum atomic E-state index is -1.69. The van der Waals surface area contributed by atoms with Gasteiger partial charge in [0, 0.05) is 44.3 Å². The highest BCUT2D eigenvalue weighted by atomic mass is 16.3. The van der Waals surface area contributed by atoms with Crippen LogP contribution in [0.5, 0.6) is 0 Å². The number of unbranched alkanes of at least 4 members (excludes halogenated alkanes) is 5. The number of hydrogen-bond acceptors (Lipinski definition) is 12. The quantitative estimate of drug-likeness (QED) is 0.0322. The van der Waals surface area contributed by atoms with Crippen LogP contribution in [-0.2, 0) is 49.4 Å². The summed E-state index contributed by atoms with van der Waals surface area (Å²) in [6.07, 6.45) is 9.91. The second kappa shape index (κ2) is 32.3. The highest BCUT2D eigenvalue weighted by molar-refractivity contribution is 6.01. The number of benzene rings is 4. The first-order valence-electron chi connectivity index (χ1n) is 32.5. The fourth-order valence-electron chi connectivity index (χ4n) is 14.1. The Morgan fingerprint density at radius 3 is 1.16 bits per heavy atom. The van der Waals surface area contributed by atoms with E-state index < -0.39 is 82.8 Å². The van der Waals surface area contributed by atoms with Crippen molar-refractivity contribution >= 4 is 47.3 Å². The summed E-state index contributed by atoms with van der Waals surface area (Å²) in [6.45, 7) is 3.91. The zero-order valence-corrected chi connectivity index (χ0v) is 52.2. The summed E-state index contributed by atoms with van der Waals surface area (Å²) in [5, 5.41) is 45.1. The molecule has 0 aliphatic carbocycles. The summed E-state index contributed by atoms with van der Waals surface area (Å²) in [5.74, 6) is -4.17. The van der Waals surface area contributed by atoms with Gasteiger partial charge in [0.15, 0.2) is 11.1 Å². The molecule has 0 aromatic heterocycles. The van der Waals surface area contributed by atoms with Gasteiger partial charge in [0.25, 0.3) is 11.8 Å². The Labute approximate surface area is 524 Å². The summed E-state index contributed by atoms with van der Waals surface area (Å²) >= 11 is 0. The van der Waals surface area contributed by atoms with E-state index in [4.69, 9.17) is 0 Å². The first-order valence-corrected chi connectivity index (χ1v) is 32.5. The third-order valence-corrected chi connectivity index (χ3v) is 19.1. The van der Waals surface area contributed by atoms with Crippen molar-refractivity contribution in [2.45, 2.75) is 182 Å². The molecule has 0 unspecified atom stereocenters. The summed E-state index contributed by atoms with van der Waals surface area (Å²) in [5.41, 5.74) is -1.22. The van der Waals surface area contributed by atoms with Crippen molar-refractivity contribution in [2.75, 3.05) is 40.4 Å². The largest absolute Gasteiger partial charge is 0.396 e. The summed E-state index contributed by atoms with van der Waals surface area (Å²) in [7, 11) is 3.37. The maximum atomic E-state index is 15.1. The van der Waals surface area contributed by atoms with Crippen LogP contribution < -0.4 is 42.5 Å². The summed E-state index contributed by atoms with van der Waals surface area (Å²) in [4.78, 5) is 120. The van der Waals surface area contributed by atoms with E-state index in [2.05, 4.69) is 42.5 Å². The zero-order chi connectivity index (χ0) is 63.5. The lowest BCUT2D eigenvalue weighted by molar-refractivity contribution is -0.145. The fraction of sp³-hybridized carbons (Fsp3) is 0.536. The van der Waals surface area contributed by atoms with Gasteiger partial charge < -0.3 is 62.5 Å². The van der Waals surface area contributed by atoms with Gasteiger partial charge in [0.05, 0.1) is 12.1 Å². The highest BCUT2D eigenvalue weighted by Crippen LogP contribution is 2.39. The van der Waals surface area contributed by atoms with Crippen LogP contribution in [0.1, 0.15) is 145 Å². The van der Waals surface area contributed by atoms with E-state index in [0.717, 1.165) is 25.7 Å². The maximum absolute atomic E-state index is 15.1. The molecule has 20 nitrogen and oxygen atoms in total. The second-order valence-corrected chi connectivity index (χ2v) is 24.4. The van der Waals surface area contributed by atoms with Gasteiger partial charge in [-0.3, -0.25) is 38.4 Å². The Hall–Kier alpha value is -7.52. The lowest BCUT2D eigenvalue weighted by atomic mass is 9.81. The van der Waals surface area contributed by atoms with Crippen molar-refractivity contribution in [1.29, 1.82) is 0 Å². The van der Waals surface area contributed by atoms with Gasteiger partial charge in [-0.25, -0.2) is 0 Å². The number of hydrogen-bond donors (Lipinski definition) is 10. The van der Waals surface area contributed by atoms with Crippen molar-refractivity contribution in [3.05, 3.63) is 144 Å². The number of fused-ring (bicyclic) bond motifs is 2. The highest BCUT2D eigenvalue weighted by Gasteiger charge is 2.53. The van der Waals surface area contributed by atoms with Crippen molar-refractivity contribution in [2.24, 2.45) is 11.8 Å². The number of aliphatic hydroxyl groups excluding tert-OH is 2. The van der Waals surface area contributed by atoms with Gasteiger partial charge in [0.2, 0.25) is 35.4 Å². The van der Waals surface area contributed by atoms with Crippen LogP contribution >= 0.6 is 0 Å². The minimum Gasteiger partial charge on any atom is -0.396 e. The van der Waals surface area contributed by atoms with Gasteiger partial charge >= 0.3 is 0 Å². The van der Waals surface area contributed by atoms with Gasteiger partial charge in [-0.2, -0.15) is 0 Å². The number of carbonyl (C=O) groups is 8. The number of aliphatic hydroxyl groups is 2. The molecular formula is C69H94N10O10. The molecular weight excluding hydrogens is 1130 g/mol. The predicted octanol–water partition coefficient (Wildman–Crippen LogP) is 4.56. The third kappa shape index (κ3) is 15.2. The predicted molar refractivity (Wildman–Crippen MR) is 339 cm³/mol. The lowest BCUT2D eigenvalue weighted by Gasteiger charge is -2.38. The van der Waals surface area contributed by atoms with Crippen LogP contribution in [0.15, 0.2) is 121 Å². The van der Waals surface area contributed by atoms with Crippen LogP contribution in [-0.4, -0.2) is 156 Å². The van der Waals surface area contributed by atoms with Crippen molar-refractivity contribution in [1.82, 2.24) is 52.3 Å². The van der Waals surface area contributed by atoms with Gasteiger partial charge in [0.1, 0.15) is 24.2 Å². The molecule has 10 N–H and O–H groups in total. The van der Waals surface area contributed by atoms with Crippen LogP contribution in [0.2, 0.25) is 0 Å². The SMILES string of the molecule is CC[C@H](NC)C(=O)N[C@@H]1C(=O)N2[C@@H](CC[C@@H]1CCO)CC[C@H]2C(=O)NC(C(=O)NCCCCCCCCNC(=O)C(NC(=O)[C@@H]1CC[C@@H]2CC[C@H](CO)[C@H](NC(=O)[C@H](CC)NC)C(=O)N21)(c1ccccc1)c1ccccc1)(c1ccccc1)c1ccccc1. The number of nitrogens with zero attached hydrogens (tertiary/aromatic N) is 2. The maximum Gasteiger partial charge on any atom is 0.255 e. The Morgan fingerprint density at radius 1 is 0.483 bits per heavy atom. The summed E-state index contributed by atoms with van der Waals surface area (Å²) < 4.78 is 0. The van der Waals surface area contributed by atoms with Crippen LogP contribution in [0, 0.1) is 11.8 Å². The number of likely N-dealkylation sites (N-methyl/N-ethyl adjacent to an activating group) is 2. The van der Waals surface area contributed by atoms with Crippen LogP contribution in [0.25, 0.3) is 0 Å². The molecule has 0 saturated carbocycles. The van der Waals surface area contributed by atoms with Crippen molar-refractivity contribution in [3.8, 4) is 0 Å². The molecule has 0 bridgehead atoms. The molecule has 20 heteroatoms. The van der Waals surface area contributed by atoms with Gasteiger partial charge in [-0.15, -0.1) is 0 Å². The summed E-state index contributed by atoms with van der Waals surface area (Å²) in [6, 6.07) is 30.9. The molecule has 4 aliphatic rings. The average molecular weight is 1220 g/mol. The number of carbonyl (C=O) groups excluding carboxylic acids is 8. The molecule has 89 heavy (non-hydrogen) atoms. The molecule has 480 valence electrons. The smallest absolute Gasteiger partial charge is 0.255 e. The van der Waals surface area contributed by atoms with E-state index >= 15 is 14.4 Å².